The zero-order valence-corrected chi connectivity index (χ0v) is 14.3. The Morgan fingerprint density at radius 1 is 1.10 bits per heavy atom. The Labute approximate surface area is 149 Å². The molecule has 0 unspecified atom stereocenters. The summed E-state index contributed by atoms with van der Waals surface area (Å²) >= 11 is 0. The van der Waals surface area contributed by atoms with E-state index < -0.39 is 0 Å². The summed E-state index contributed by atoms with van der Waals surface area (Å²) < 4.78 is 4.70. The molecule has 1 aromatic carbocycles. The van der Waals surface area contributed by atoms with Crippen molar-refractivity contribution in [2.75, 3.05) is 7.11 Å². The van der Waals surface area contributed by atoms with Crippen molar-refractivity contribution in [2.45, 2.75) is 65.2 Å². The van der Waals surface area contributed by atoms with Crippen LogP contribution in [0, 0.1) is 0 Å². The van der Waals surface area contributed by atoms with Gasteiger partial charge in [-0.25, -0.2) is 0 Å². The number of benzene rings is 1. The van der Waals surface area contributed by atoms with Crippen LogP contribution in [0.4, 0.5) is 0 Å². The second-order valence-electron chi connectivity index (χ2n) is 7.62. The number of hydrogen-bond acceptors (Lipinski definition) is 3. The summed E-state index contributed by atoms with van der Waals surface area (Å²) in [5.74, 6) is 0.162. The third kappa shape index (κ3) is 4.48. The Hall–Kier alpha value is -1.51. The van der Waals surface area contributed by atoms with Crippen molar-refractivity contribution < 1.29 is 34.6 Å². The van der Waals surface area contributed by atoms with Gasteiger partial charge in [0.25, 0.3) is 0 Å². The summed E-state index contributed by atoms with van der Waals surface area (Å²) in [7, 11) is 1.40. The minimum Gasteiger partial charge on any atom is -0.507 e. The molecule has 21 heavy (non-hydrogen) atoms. The average molecular weight is 321 g/mol. The summed E-state index contributed by atoms with van der Waals surface area (Å²) in [6.45, 7) is 12.5. The van der Waals surface area contributed by atoms with E-state index in [0.717, 1.165) is 16.7 Å². The number of hydrogen-bond donors (Lipinski definition) is 1. The van der Waals surface area contributed by atoms with Crippen LogP contribution < -0.4 is 0 Å². The fraction of sp³-hybridized carbons (Fsp3) is 0.611. The first-order chi connectivity index (χ1) is 9.46. The number of aromatic hydroxyl groups is 1. The quantitative estimate of drug-likeness (QED) is 0.585. The minimum absolute atomic E-state index is 0. The van der Waals surface area contributed by atoms with Gasteiger partial charge in [0.15, 0.2) is 0 Å². The number of aryl methyl sites for hydroxylation is 1. The predicted molar refractivity (Wildman–Crippen MR) is 115 cm³/mol. The molecule has 3 heteroatoms. The molecule has 146 valence electrons. The molecule has 1 rings (SSSR count). The molecule has 0 heterocycles. The molecule has 0 aromatic heterocycles. The van der Waals surface area contributed by atoms with E-state index in [0.29, 0.717) is 18.6 Å². The maximum absolute atomic E-state index is 11.3. The van der Waals surface area contributed by atoms with Crippen LogP contribution in [0.3, 0.4) is 0 Å². The van der Waals surface area contributed by atoms with Gasteiger partial charge in [0, 0.05) is 26.4 Å². The normalized spacial score (nSPS) is 12.3. The second kappa shape index (κ2) is 6.08. The molecule has 0 aliphatic heterocycles. The fourth-order valence-electron chi connectivity index (χ4n) is 2.33. The lowest BCUT2D eigenvalue weighted by Gasteiger charge is -2.28. The fourth-order valence-corrected chi connectivity index (χ4v) is 2.33. The van der Waals surface area contributed by atoms with E-state index in [1.165, 1.54) is 7.11 Å². The van der Waals surface area contributed by atoms with Gasteiger partial charge in [-0.05, 0) is 33.9 Å². The summed E-state index contributed by atoms with van der Waals surface area (Å²) in [4.78, 5) is 11.3. The largest absolute Gasteiger partial charge is 0.507 e. The minimum atomic E-state index is -0.210. The maximum Gasteiger partial charge on any atom is 0.305 e. The van der Waals surface area contributed by atoms with Gasteiger partial charge in [-0.3, -0.25) is 4.79 Å². The van der Waals surface area contributed by atoms with Gasteiger partial charge in [-0.2, -0.15) is 0 Å². The molecule has 0 saturated heterocycles. The van der Waals surface area contributed by atoms with Crippen LogP contribution >= 0.6 is 0 Å². The van der Waals surface area contributed by atoms with Crippen molar-refractivity contribution in [3.8, 4) is 5.75 Å². The van der Waals surface area contributed by atoms with Gasteiger partial charge >= 0.3 is 5.97 Å². The second-order valence-corrected chi connectivity index (χ2v) is 7.62. The van der Waals surface area contributed by atoms with Crippen molar-refractivity contribution in [1.82, 2.24) is 0 Å². The van der Waals surface area contributed by atoms with E-state index in [1.54, 1.807) is 0 Å². The van der Waals surface area contributed by atoms with Crippen molar-refractivity contribution in [2.24, 2.45) is 0 Å². The zero-order valence-electron chi connectivity index (χ0n) is 14.3. The summed E-state index contributed by atoms with van der Waals surface area (Å²) in [6.07, 6.45) is 0.980. The summed E-state index contributed by atoms with van der Waals surface area (Å²) in [6, 6.07) is 4.01. The van der Waals surface area contributed by atoms with E-state index in [-0.39, 0.29) is 36.8 Å². The molecule has 0 aliphatic carbocycles. The van der Waals surface area contributed by atoms with Crippen molar-refractivity contribution in [3.05, 3.63) is 28.8 Å². The third-order valence-corrected chi connectivity index (χ3v) is 3.63. The number of ether oxygens (including phenoxy) is 1. The first kappa shape index (κ1) is 17.5. The van der Waals surface area contributed by atoms with Crippen LogP contribution in [-0.4, -0.2) is 18.2 Å². The van der Waals surface area contributed by atoms with Gasteiger partial charge < -0.3 is 9.84 Å². The lowest BCUT2D eigenvalue weighted by atomic mass is 9.78. The number of methoxy groups -OCH3 is 1. The highest BCUT2D eigenvalue weighted by molar-refractivity contribution is 5.69. The van der Waals surface area contributed by atoms with Gasteiger partial charge in [-0.1, -0.05) is 53.7 Å². The van der Waals surface area contributed by atoms with Crippen LogP contribution in [0.2, 0.25) is 0 Å². The molecule has 0 radical (unpaired) electrons. The van der Waals surface area contributed by atoms with Crippen LogP contribution in [-0.2, 0) is 26.8 Å². The molecule has 0 spiro atoms. The van der Waals surface area contributed by atoms with Gasteiger partial charge in [0.05, 0.1) is 7.11 Å². The molecule has 1 aromatic rings. The van der Waals surface area contributed by atoms with Crippen LogP contribution in [0.15, 0.2) is 12.1 Å². The number of rotatable bonds is 3. The highest BCUT2D eigenvalue weighted by Crippen LogP contribution is 2.39. The number of phenolic OH excluding ortho intramolecular Hbond substituents is 1. The van der Waals surface area contributed by atoms with E-state index in [9.17, 15) is 9.90 Å². The van der Waals surface area contributed by atoms with Crippen molar-refractivity contribution in [3.63, 3.8) is 0 Å². The molecule has 0 aliphatic rings. The Kier molecular flexibility index (Phi) is 5.08. The van der Waals surface area contributed by atoms with Gasteiger partial charge in [0.2, 0.25) is 0 Å². The molecular formula is C18H56O3. The molecular weight excluding hydrogens is 264 g/mol. The van der Waals surface area contributed by atoms with E-state index in [4.69, 9.17) is 4.74 Å². The first-order valence-corrected chi connectivity index (χ1v) is 7.40. The summed E-state index contributed by atoms with van der Waals surface area (Å²) in [5.41, 5.74) is 2.62. The van der Waals surface area contributed by atoms with Crippen LogP contribution in [0.25, 0.3) is 0 Å². The monoisotopic (exact) mass is 320 g/mol. The van der Waals surface area contributed by atoms with Crippen molar-refractivity contribution in [1.29, 1.82) is 0 Å². The Bertz CT molecular complexity index is 515. The zero-order chi connectivity index (χ0) is 16.4. The Balaban J connectivity index is -0.0000000262. The topological polar surface area (TPSA) is 46.5 Å². The predicted octanol–water partition coefficient (Wildman–Crippen LogP) is 7.54. The van der Waals surface area contributed by atoms with E-state index >= 15 is 0 Å². The smallest absolute Gasteiger partial charge is 0.305 e. The molecule has 0 saturated carbocycles. The van der Waals surface area contributed by atoms with E-state index in [1.807, 2.05) is 12.1 Å². The standard InChI is InChI=1S/C18H28O3.14H2/c1-17(2,3)13-10-12(8-9-15(19)21-7)11-14(16(13)20)18(4,5)6;;;;;;;;;;;;;;/h10-11,20H,8-9H2,1-7H3;14*1H. The Morgan fingerprint density at radius 3 is 1.86 bits per heavy atom. The number of esters is 1. The third-order valence-electron chi connectivity index (χ3n) is 3.63. The Morgan fingerprint density at radius 2 is 1.52 bits per heavy atom. The highest BCUT2D eigenvalue weighted by Gasteiger charge is 2.26. The molecule has 0 amide bonds. The number of carbonyl (C=O) groups is 1. The lowest BCUT2D eigenvalue weighted by molar-refractivity contribution is -0.140. The van der Waals surface area contributed by atoms with E-state index in [2.05, 4.69) is 41.5 Å². The van der Waals surface area contributed by atoms with Crippen LogP contribution in [0.5, 0.6) is 5.75 Å². The molecule has 0 fully saturated rings. The highest BCUT2D eigenvalue weighted by atomic mass is 16.5. The van der Waals surface area contributed by atoms with Gasteiger partial charge in [-0.15, -0.1) is 0 Å². The number of phenols is 1. The lowest BCUT2D eigenvalue weighted by Crippen LogP contribution is -2.18. The summed E-state index contributed by atoms with van der Waals surface area (Å²) in [5, 5.41) is 10.6. The average Bonchev–Trinajstić information content (AvgIpc) is 2.34. The van der Waals surface area contributed by atoms with Gasteiger partial charge in [0.1, 0.15) is 5.75 Å². The molecule has 0 bridgehead atoms. The molecule has 0 atom stereocenters. The molecule has 3 nitrogen and oxygen atoms in total. The van der Waals surface area contributed by atoms with Crippen LogP contribution in [0.1, 0.15) is 84.6 Å². The first-order valence-electron chi connectivity index (χ1n) is 7.40. The van der Waals surface area contributed by atoms with Crippen molar-refractivity contribution >= 4 is 5.97 Å². The number of carbonyl (C=O) groups excluding carboxylic acids is 1. The SMILES string of the molecule is COC(=O)CCc1cc(C(C)(C)C)c(O)c(C(C)(C)C)c1.[HH].[HH].[HH].[HH].[HH].[HH].[HH].[HH].[HH].[HH].[HH].[HH].[HH].[HH]. The maximum atomic E-state index is 11.3. The molecule has 1 N–H and O–H groups in total.